The Morgan fingerprint density at radius 1 is 1.18 bits per heavy atom. The highest BCUT2D eigenvalue weighted by Gasteiger charge is 2.36. The molecular formula is C19H20F3N5O. The van der Waals surface area contributed by atoms with Crippen molar-refractivity contribution in [3.8, 4) is 0 Å². The van der Waals surface area contributed by atoms with Gasteiger partial charge in [-0.2, -0.15) is 18.2 Å². The van der Waals surface area contributed by atoms with Crippen molar-refractivity contribution >= 4 is 17.4 Å². The van der Waals surface area contributed by atoms with Crippen LogP contribution in [0.25, 0.3) is 5.78 Å². The number of nitrogens with zero attached hydrogens (tertiary/aromatic N) is 4. The largest absolute Gasteiger partial charge is 0.453 e. The number of benzene rings is 1. The van der Waals surface area contributed by atoms with E-state index in [9.17, 15) is 18.0 Å². The van der Waals surface area contributed by atoms with E-state index in [1.54, 1.807) is 13.8 Å². The maximum absolute atomic E-state index is 12.9. The van der Waals surface area contributed by atoms with Gasteiger partial charge in [-0.3, -0.25) is 4.79 Å². The molecule has 0 saturated carbocycles. The van der Waals surface area contributed by atoms with Gasteiger partial charge in [0, 0.05) is 23.5 Å². The third-order valence-electron chi connectivity index (χ3n) is 4.58. The van der Waals surface area contributed by atoms with Crippen LogP contribution >= 0.6 is 0 Å². The summed E-state index contributed by atoms with van der Waals surface area (Å²) in [5.41, 5.74) is 3.52. The summed E-state index contributed by atoms with van der Waals surface area (Å²) in [5, 5.41) is 6.41. The minimum Gasteiger partial charge on any atom is -0.326 e. The average Bonchev–Trinajstić information content (AvgIpc) is 3.06. The summed E-state index contributed by atoms with van der Waals surface area (Å²) in [5.74, 6) is -1.50. The van der Waals surface area contributed by atoms with Gasteiger partial charge in [-0.05, 0) is 43.9 Å². The van der Waals surface area contributed by atoms with E-state index in [2.05, 4.69) is 20.4 Å². The van der Waals surface area contributed by atoms with Crippen LogP contribution in [0.5, 0.6) is 0 Å². The van der Waals surface area contributed by atoms with Crippen LogP contribution in [-0.2, 0) is 23.8 Å². The van der Waals surface area contributed by atoms with E-state index >= 15 is 0 Å². The Morgan fingerprint density at radius 2 is 1.89 bits per heavy atom. The second-order valence-corrected chi connectivity index (χ2v) is 6.47. The lowest BCUT2D eigenvalue weighted by Gasteiger charge is -2.12. The Labute approximate surface area is 159 Å². The molecule has 0 unspecified atom stereocenters. The zero-order chi connectivity index (χ0) is 20.5. The van der Waals surface area contributed by atoms with Crippen molar-refractivity contribution in [2.45, 2.75) is 46.2 Å². The van der Waals surface area contributed by atoms with Crippen LogP contribution in [-0.4, -0.2) is 25.5 Å². The molecule has 0 bridgehead atoms. The molecule has 0 atom stereocenters. The number of alkyl halides is 3. The number of hydrogen-bond donors (Lipinski definition) is 1. The molecule has 0 aliphatic rings. The Balaban J connectivity index is 1.79. The van der Waals surface area contributed by atoms with E-state index < -0.39 is 12.0 Å². The van der Waals surface area contributed by atoms with Crippen LogP contribution in [0, 0.1) is 13.8 Å². The smallest absolute Gasteiger partial charge is 0.326 e. The van der Waals surface area contributed by atoms with Crippen molar-refractivity contribution in [1.29, 1.82) is 0 Å². The van der Waals surface area contributed by atoms with Crippen LogP contribution < -0.4 is 5.32 Å². The van der Waals surface area contributed by atoms with Gasteiger partial charge in [-0.15, -0.1) is 5.10 Å². The molecule has 148 valence electrons. The molecule has 3 rings (SSSR count). The standard InChI is InChI=1S/C19H20F3N5O/c1-4-13-7-5-6-8-15(13)24-16(28)10-9-14-11(2)23-18-25-17(19(20,21)22)26-27(18)12(14)3/h5-8H,4,9-10H2,1-3H3,(H,24,28). The molecule has 6 nitrogen and oxygen atoms in total. The zero-order valence-corrected chi connectivity index (χ0v) is 15.8. The number of fused-ring (bicyclic) bond motifs is 1. The normalized spacial score (nSPS) is 11.8. The van der Waals surface area contributed by atoms with E-state index in [-0.39, 0.29) is 18.1 Å². The van der Waals surface area contributed by atoms with Crippen molar-refractivity contribution < 1.29 is 18.0 Å². The fourth-order valence-electron chi connectivity index (χ4n) is 3.09. The second kappa shape index (κ2) is 7.57. The predicted molar refractivity (Wildman–Crippen MR) is 98.0 cm³/mol. The van der Waals surface area contributed by atoms with Gasteiger partial charge in [0.25, 0.3) is 11.6 Å². The van der Waals surface area contributed by atoms with Crippen molar-refractivity contribution in [3.63, 3.8) is 0 Å². The first kappa shape index (κ1) is 19.8. The molecule has 0 fully saturated rings. The molecule has 2 aromatic heterocycles. The number of halogens is 3. The molecule has 0 aliphatic carbocycles. The number of carbonyl (C=O) groups excluding carboxylic acids is 1. The number of aryl methyl sites for hydroxylation is 3. The summed E-state index contributed by atoms with van der Waals surface area (Å²) < 4.78 is 39.7. The number of hydrogen-bond acceptors (Lipinski definition) is 4. The Morgan fingerprint density at radius 3 is 2.57 bits per heavy atom. The highest BCUT2D eigenvalue weighted by atomic mass is 19.4. The molecular weight excluding hydrogens is 371 g/mol. The van der Waals surface area contributed by atoms with Gasteiger partial charge >= 0.3 is 6.18 Å². The molecule has 0 radical (unpaired) electrons. The van der Waals surface area contributed by atoms with Crippen LogP contribution in [0.1, 0.15) is 41.7 Å². The number of para-hydroxylation sites is 1. The summed E-state index contributed by atoms with van der Waals surface area (Å²) in [6, 6.07) is 7.55. The van der Waals surface area contributed by atoms with Crippen molar-refractivity contribution in [3.05, 3.63) is 52.6 Å². The minimum absolute atomic E-state index is 0.104. The van der Waals surface area contributed by atoms with Crippen LogP contribution in [0.4, 0.5) is 18.9 Å². The number of rotatable bonds is 5. The maximum atomic E-state index is 12.9. The SMILES string of the molecule is CCc1ccccc1NC(=O)CCc1c(C)nc2nc(C(F)(F)F)nn2c1C. The number of anilines is 1. The first-order valence-corrected chi connectivity index (χ1v) is 8.88. The Hall–Kier alpha value is -2.97. The van der Waals surface area contributed by atoms with Gasteiger partial charge in [0.15, 0.2) is 0 Å². The second-order valence-electron chi connectivity index (χ2n) is 6.47. The topological polar surface area (TPSA) is 72.2 Å². The summed E-state index contributed by atoms with van der Waals surface area (Å²) in [6.07, 6.45) is -3.33. The molecule has 1 aromatic carbocycles. The first-order chi connectivity index (χ1) is 13.2. The fourth-order valence-corrected chi connectivity index (χ4v) is 3.09. The Kier molecular flexibility index (Phi) is 5.35. The summed E-state index contributed by atoms with van der Waals surface area (Å²) in [4.78, 5) is 19.9. The lowest BCUT2D eigenvalue weighted by molar-refractivity contribution is -0.144. The van der Waals surface area contributed by atoms with Gasteiger partial charge in [-0.25, -0.2) is 9.50 Å². The number of carbonyl (C=O) groups is 1. The van der Waals surface area contributed by atoms with Gasteiger partial charge < -0.3 is 5.32 Å². The van der Waals surface area contributed by atoms with Crippen LogP contribution in [0.15, 0.2) is 24.3 Å². The third kappa shape index (κ3) is 3.97. The molecule has 9 heteroatoms. The molecule has 28 heavy (non-hydrogen) atoms. The van der Waals surface area contributed by atoms with E-state index in [0.717, 1.165) is 22.2 Å². The van der Waals surface area contributed by atoms with Crippen LogP contribution in [0.2, 0.25) is 0 Å². The van der Waals surface area contributed by atoms with Gasteiger partial charge in [-0.1, -0.05) is 25.1 Å². The van der Waals surface area contributed by atoms with Crippen molar-refractivity contribution in [2.75, 3.05) is 5.32 Å². The van der Waals surface area contributed by atoms with Crippen LogP contribution in [0.3, 0.4) is 0 Å². The fraction of sp³-hybridized carbons (Fsp3) is 0.368. The monoisotopic (exact) mass is 391 g/mol. The number of amides is 1. The zero-order valence-electron chi connectivity index (χ0n) is 15.8. The average molecular weight is 391 g/mol. The van der Waals surface area contributed by atoms with E-state index in [0.29, 0.717) is 23.4 Å². The minimum atomic E-state index is -4.64. The van der Waals surface area contributed by atoms with E-state index in [1.165, 1.54) is 0 Å². The molecule has 0 saturated heterocycles. The third-order valence-corrected chi connectivity index (χ3v) is 4.58. The summed E-state index contributed by atoms with van der Waals surface area (Å²) in [6.45, 7) is 5.34. The summed E-state index contributed by atoms with van der Waals surface area (Å²) >= 11 is 0. The predicted octanol–water partition coefficient (Wildman–Crippen LogP) is 3.89. The van der Waals surface area contributed by atoms with E-state index in [1.807, 2.05) is 31.2 Å². The molecule has 3 aromatic rings. The lowest BCUT2D eigenvalue weighted by atomic mass is 10.1. The van der Waals surface area contributed by atoms with Gasteiger partial charge in [0.1, 0.15) is 0 Å². The molecule has 2 heterocycles. The Bertz CT molecular complexity index is 1030. The molecule has 1 amide bonds. The number of nitrogens with one attached hydrogen (secondary N) is 1. The quantitative estimate of drug-likeness (QED) is 0.716. The van der Waals surface area contributed by atoms with Gasteiger partial charge in [0.05, 0.1) is 0 Å². The lowest BCUT2D eigenvalue weighted by Crippen LogP contribution is -2.15. The molecule has 0 aliphatic heterocycles. The molecule has 1 N–H and O–H groups in total. The van der Waals surface area contributed by atoms with Crippen molar-refractivity contribution in [2.24, 2.45) is 0 Å². The first-order valence-electron chi connectivity index (χ1n) is 8.88. The highest BCUT2D eigenvalue weighted by Crippen LogP contribution is 2.27. The van der Waals surface area contributed by atoms with Gasteiger partial charge in [0.2, 0.25) is 5.91 Å². The van der Waals surface area contributed by atoms with Crippen molar-refractivity contribution in [1.82, 2.24) is 19.6 Å². The molecule has 0 spiro atoms. The van der Waals surface area contributed by atoms with E-state index in [4.69, 9.17) is 0 Å². The number of aromatic nitrogens is 4. The maximum Gasteiger partial charge on any atom is 0.453 e. The highest BCUT2D eigenvalue weighted by molar-refractivity contribution is 5.91. The summed E-state index contributed by atoms with van der Waals surface area (Å²) in [7, 11) is 0.